The highest BCUT2D eigenvalue weighted by Gasteiger charge is 2.19. The Kier molecular flexibility index (Phi) is 9.34. The van der Waals surface area contributed by atoms with Gasteiger partial charge in [0.25, 0.3) is 0 Å². The Bertz CT molecular complexity index is 373. The molecule has 0 rings (SSSR count). The van der Waals surface area contributed by atoms with Gasteiger partial charge in [-0.15, -0.1) is 0 Å². The molecule has 0 fully saturated rings. The summed E-state index contributed by atoms with van der Waals surface area (Å²) in [4.78, 5) is 25.3. The number of nitrogens with one attached hydrogen (secondary N) is 1. The van der Waals surface area contributed by atoms with Crippen molar-refractivity contribution >= 4 is 11.9 Å². The van der Waals surface area contributed by atoms with Gasteiger partial charge in [-0.2, -0.15) is 0 Å². The van der Waals surface area contributed by atoms with Crippen LogP contribution >= 0.6 is 0 Å². The number of nitrogens with zero attached hydrogens (tertiary/aromatic N) is 1. The van der Waals surface area contributed by atoms with Crippen LogP contribution in [0.4, 0.5) is 0 Å². The van der Waals surface area contributed by atoms with Crippen molar-refractivity contribution < 1.29 is 19.1 Å². The first-order valence-corrected chi connectivity index (χ1v) is 8.00. The average Bonchev–Trinajstić information content (AvgIpc) is 2.30. The molecule has 0 bridgehead atoms. The number of nitrogens with two attached hydrogens (primary N) is 1. The fourth-order valence-corrected chi connectivity index (χ4v) is 1.81. The summed E-state index contributed by atoms with van der Waals surface area (Å²) in [5.41, 5.74) is 4.58. The third-order valence-electron chi connectivity index (χ3n) is 2.51. The molecule has 0 aliphatic carbocycles. The quantitative estimate of drug-likeness (QED) is 0.470. The highest BCUT2D eigenvalue weighted by atomic mass is 16.6. The lowest BCUT2D eigenvalue weighted by Crippen LogP contribution is -2.42. The zero-order valence-electron chi connectivity index (χ0n) is 15.4. The van der Waals surface area contributed by atoms with Crippen LogP contribution in [0, 0.1) is 0 Å². The van der Waals surface area contributed by atoms with E-state index in [0.717, 1.165) is 0 Å². The van der Waals surface area contributed by atoms with E-state index >= 15 is 0 Å². The first-order valence-electron chi connectivity index (χ1n) is 8.00. The minimum Gasteiger partial charge on any atom is -0.459 e. The Morgan fingerprint density at radius 3 is 1.96 bits per heavy atom. The van der Waals surface area contributed by atoms with Crippen molar-refractivity contribution in [2.75, 3.05) is 39.3 Å². The number of esters is 2. The first-order chi connectivity index (χ1) is 10.4. The fourth-order valence-electron chi connectivity index (χ4n) is 1.81. The van der Waals surface area contributed by atoms with Crippen molar-refractivity contribution in [3.05, 3.63) is 0 Å². The van der Waals surface area contributed by atoms with Gasteiger partial charge >= 0.3 is 11.9 Å². The number of hydrogen-bond acceptors (Lipinski definition) is 7. The van der Waals surface area contributed by atoms with E-state index in [4.69, 9.17) is 15.2 Å². The number of rotatable bonds is 9. The minimum absolute atomic E-state index is 0.139. The Morgan fingerprint density at radius 1 is 0.957 bits per heavy atom. The number of carbonyl (C=O) groups excluding carboxylic acids is 2. The van der Waals surface area contributed by atoms with Crippen LogP contribution in [-0.4, -0.2) is 67.3 Å². The lowest BCUT2D eigenvalue weighted by atomic mass is 10.2. The second kappa shape index (κ2) is 9.85. The Balaban J connectivity index is 4.10. The van der Waals surface area contributed by atoms with Crippen LogP contribution in [0.15, 0.2) is 0 Å². The Morgan fingerprint density at radius 2 is 1.48 bits per heavy atom. The van der Waals surface area contributed by atoms with Crippen LogP contribution < -0.4 is 11.1 Å². The summed E-state index contributed by atoms with van der Waals surface area (Å²) >= 11 is 0. The number of ether oxygens (including phenoxy) is 2. The van der Waals surface area contributed by atoms with Gasteiger partial charge in [0.1, 0.15) is 11.2 Å². The van der Waals surface area contributed by atoms with Crippen LogP contribution in [0.3, 0.4) is 0 Å². The summed E-state index contributed by atoms with van der Waals surface area (Å²) in [6.45, 7) is 13.5. The molecule has 136 valence electrons. The van der Waals surface area contributed by atoms with Crippen LogP contribution in [0.2, 0.25) is 0 Å². The first kappa shape index (κ1) is 21.8. The monoisotopic (exact) mass is 331 g/mol. The van der Waals surface area contributed by atoms with Crippen molar-refractivity contribution in [3.8, 4) is 0 Å². The fraction of sp³-hybridized carbons (Fsp3) is 0.875. The van der Waals surface area contributed by atoms with E-state index in [2.05, 4.69) is 5.32 Å². The van der Waals surface area contributed by atoms with Gasteiger partial charge in [-0.3, -0.25) is 14.5 Å². The predicted octanol–water partition coefficient (Wildman–Crippen LogP) is 0.520. The molecule has 0 aromatic rings. The highest BCUT2D eigenvalue weighted by Crippen LogP contribution is 2.07. The number of hydrogen-bond donors (Lipinski definition) is 2. The van der Waals surface area contributed by atoms with Crippen LogP contribution in [0.25, 0.3) is 0 Å². The molecule has 0 heterocycles. The van der Waals surface area contributed by atoms with Crippen molar-refractivity contribution in [2.45, 2.75) is 52.7 Å². The lowest BCUT2D eigenvalue weighted by Gasteiger charge is -2.25. The second-order valence-corrected chi connectivity index (χ2v) is 7.41. The summed E-state index contributed by atoms with van der Waals surface area (Å²) in [5, 5.41) is 3.01. The van der Waals surface area contributed by atoms with E-state index in [1.54, 1.807) is 0 Å². The molecule has 0 aliphatic rings. The molecule has 7 nitrogen and oxygen atoms in total. The highest BCUT2D eigenvalue weighted by molar-refractivity contribution is 5.72. The van der Waals surface area contributed by atoms with E-state index in [-0.39, 0.29) is 25.0 Å². The zero-order valence-corrected chi connectivity index (χ0v) is 15.4. The molecule has 0 radical (unpaired) electrons. The van der Waals surface area contributed by atoms with Gasteiger partial charge in [-0.25, -0.2) is 0 Å². The van der Waals surface area contributed by atoms with E-state index < -0.39 is 11.2 Å². The lowest BCUT2D eigenvalue weighted by molar-refractivity contribution is -0.156. The topological polar surface area (TPSA) is 93.9 Å². The molecule has 23 heavy (non-hydrogen) atoms. The maximum atomic E-state index is 11.8. The molecule has 0 aromatic heterocycles. The van der Waals surface area contributed by atoms with Crippen LogP contribution in [0.1, 0.15) is 41.5 Å². The van der Waals surface area contributed by atoms with Crippen LogP contribution in [-0.2, 0) is 19.1 Å². The summed E-state index contributed by atoms with van der Waals surface area (Å²) < 4.78 is 10.5. The maximum absolute atomic E-state index is 11.8. The van der Waals surface area contributed by atoms with E-state index in [1.165, 1.54) is 0 Å². The van der Waals surface area contributed by atoms with Gasteiger partial charge in [-0.05, 0) is 41.5 Å². The van der Waals surface area contributed by atoms with Gasteiger partial charge in [0.2, 0.25) is 0 Å². The standard InChI is InChI=1S/C16H33N3O4/c1-15(2,3)22-13(20)11-18-8-10-19(9-7-17)12-14(21)23-16(4,5)6/h18H,7-12,17H2,1-6H3. The Hall–Kier alpha value is -1.18. The van der Waals surface area contributed by atoms with Gasteiger partial charge in [0.05, 0.1) is 13.1 Å². The Labute approximate surface area is 139 Å². The molecule has 0 atom stereocenters. The zero-order chi connectivity index (χ0) is 18.1. The summed E-state index contributed by atoms with van der Waals surface area (Å²) in [6, 6.07) is 0. The van der Waals surface area contributed by atoms with Gasteiger partial charge < -0.3 is 20.5 Å². The largest absolute Gasteiger partial charge is 0.459 e. The van der Waals surface area contributed by atoms with Crippen LogP contribution in [0.5, 0.6) is 0 Å². The maximum Gasteiger partial charge on any atom is 0.320 e. The molecular weight excluding hydrogens is 298 g/mol. The second-order valence-electron chi connectivity index (χ2n) is 7.41. The third-order valence-corrected chi connectivity index (χ3v) is 2.51. The van der Waals surface area contributed by atoms with Gasteiger partial charge in [-0.1, -0.05) is 0 Å². The van der Waals surface area contributed by atoms with E-state index in [0.29, 0.717) is 26.2 Å². The molecule has 0 aliphatic heterocycles. The van der Waals surface area contributed by atoms with E-state index in [1.807, 2.05) is 46.4 Å². The minimum atomic E-state index is -0.500. The molecule has 0 amide bonds. The molecule has 0 saturated heterocycles. The van der Waals surface area contributed by atoms with Gasteiger partial charge in [0.15, 0.2) is 0 Å². The molecule has 0 unspecified atom stereocenters. The van der Waals surface area contributed by atoms with Crippen molar-refractivity contribution in [2.24, 2.45) is 5.73 Å². The molecule has 3 N–H and O–H groups in total. The van der Waals surface area contributed by atoms with Crippen molar-refractivity contribution in [1.29, 1.82) is 0 Å². The van der Waals surface area contributed by atoms with E-state index in [9.17, 15) is 9.59 Å². The molecule has 0 spiro atoms. The SMILES string of the molecule is CC(C)(C)OC(=O)CNCCN(CCN)CC(=O)OC(C)(C)C. The van der Waals surface area contributed by atoms with Gasteiger partial charge in [0, 0.05) is 26.2 Å². The molecule has 0 saturated carbocycles. The summed E-state index contributed by atoms with van der Waals surface area (Å²) in [6.07, 6.45) is 0. The van der Waals surface area contributed by atoms with Crippen molar-refractivity contribution in [1.82, 2.24) is 10.2 Å². The average molecular weight is 331 g/mol. The normalized spacial score (nSPS) is 12.3. The smallest absolute Gasteiger partial charge is 0.320 e. The summed E-state index contributed by atoms with van der Waals surface area (Å²) in [7, 11) is 0. The molecular formula is C16H33N3O4. The van der Waals surface area contributed by atoms with Crippen molar-refractivity contribution in [3.63, 3.8) is 0 Å². The third kappa shape index (κ3) is 14.2. The number of carbonyl (C=O) groups is 2. The predicted molar refractivity (Wildman–Crippen MR) is 90.1 cm³/mol. The molecule has 7 heteroatoms. The molecule has 0 aromatic carbocycles. The summed E-state index contributed by atoms with van der Waals surface area (Å²) in [5.74, 6) is -0.576.